The van der Waals surface area contributed by atoms with Crippen molar-refractivity contribution >= 4 is 27.6 Å². The van der Waals surface area contributed by atoms with E-state index in [0.29, 0.717) is 24.2 Å². The minimum Gasteiger partial charge on any atom is -0.478 e. The van der Waals surface area contributed by atoms with Crippen LogP contribution in [0.2, 0.25) is 0 Å². The Morgan fingerprint density at radius 2 is 1.83 bits per heavy atom. The zero-order chi connectivity index (χ0) is 21.2. The van der Waals surface area contributed by atoms with Crippen molar-refractivity contribution in [2.45, 2.75) is 26.8 Å². The van der Waals surface area contributed by atoms with E-state index in [1.54, 1.807) is 6.92 Å². The summed E-state index contributed by atoms with van der Waals surface area (Å²) in [6, 6.07) is 12.7. The molecule has 1 aliphatic carbocycles. The highest BCUT2D eigenvalue weighted by Gasteiger charge is 2.34. The predicted molar refractivity (Wildman–Crippen MR) is 114 cm³/mol. The number of aromatic carboxylic acids is 1. The van der Waals surface area contributed by atoms with Gasteiger partial charge in [0.15, 0.2) is 0 Å². The summed E-state index contributed by atoms with van der Waals surface area (Å²) in [4.78, 5) is 18.3. The van der Waals surface area contributed by atoms with E-state index in [-0.39, 0.29) is 17.1 Å². The summed E-state index contributed by atoms with van der Waals surface area (Å²) in [6.07, 6.45) is 1.13. The second kappa shape index (κ2) is 8.41. The summed E-state index contributed by atoms with van der Waals surface area (Å²) >= 11 is 0. The Morgan fingerprint density at radius 1 is 1.21 bits per heavy atom. The number of sulfonamides is 1. The Labute approximate surface area is 172 Å². The van der Waals surface area contributed by atoms with Crippen LogP contribution in [0.5, 0.6) is 0 Å². The molecule has 7 nitrogen and oxygen atoms in total. The monoisotopic (exact) mass is 417 g/mol. The quantitative estimate of drug-likeness (QED) is 0.674. The minimum atomic E-state index is -3.56. The third-order valence-electron chi connectivity index (χ3n) is 5.42. The Morgan fingerprint density at radius 3 is 2.38 bits per heavy atom. The summed E-state index contributed by atoms with van der Waals surface area (Å²) in [7, 11) is -2.15. The average Bonchev–Trinajstić information content (AvgIpc) is 3.41. The molecule has 2 atom stereocenters. The number of rotatable bonds is 9. The highest BCUT2D eigenvalue weighted by molar-refractivity contribution is 7.92. The summed E-state index contributed by atoms with van der Waals surface area (Å²) in [5.41, 5.74) is 1.10. The second-order valence-electron chi connectivity index (χ2n) is 7.58. The molecule has 1 aliphatic rings. The number of hydrogen-bond acceptors (Lipinski definition) is 5. The van der Waals surface area contributed by atoms with Crippen LogP contribution in [0.1, 0.15) is 36.2 Å². The number of benzene rings is 1. The lowest BCUT2D eigenvalue weighted by Crippen LogP contribution is -2.31. The topological polar surface area (TPSA) is 90.8 Å². The van der Waals surface area contributed by atoms with Gasteiger partial charge < -0.3 is 10.0 Å². The van der Waals surface area contributed by atoms with Crippen LogP contribution in [0.3, 0.4) is 0 Å². The molecular formula is C21H27N3O4S. The number of aromatic nitrogens is 1. The van der Waals surface area contributed by atoms with E-state index >= 15 is 0 Å². The van der Waals surface area contributed by atoms with Gasteiger partial charge >= 0.3 is 5.97 Å². The smallest absolute Gasteiger partial charge is 0.335 e. The van der Waals surface area contributed by atoms with Crippen molar-refractivity contribution in [3.63, 3.8) is 0 Å². The molecule has 8 heteroatoms. The van der Waals surface area contributed by atoms with Crippen molar-refractivity contribution in [2.75, 3.05) is 28.6 Å². The van der Waals surface area contributed by atoms with Crippen LogP contribution in [0.25, 0.3) is 0 Å². The van der Waals surface area contributed by atoms with E-state index in [2.05, 4.69) is 11.9 Å². The van der Waals surface area contributed by atoms with Crippen LogP contribution >= 0.6 is 0 Å². The average molecular weight is 418 g/mol. The molecule has 0 spiro atoms. The first-order valence-electron chi connectivity index (χ1n) is 9.72. The zero-order valence-corrected chi connectivity index (χ0v) is 17.8. The standard InChI is InChI=1S/C21H27N3O4S/c1-4-29(27,28)23(3)19-11-17(21(25)26)12-20(22-19)24(14-18-10-15(18)2)13-16-8-6-5-7-9-16/h5-9,11-12,15,18H,4,10,13-14H2,1-3H3,(H,25,26). The molecule has 29 heavy (non-hydrogen) atoms. The normalized spacial score (nSPS) is 18.3. The lowest BCUT2D eigenvalue weighted by atomic mass is 10.2. The van der Waals surface area contributed by atoms with E-state index in [4.69, 9.17) is 0 Å². The number of carbonyl (C=O) groups is 1. The van der Waals surface area contributed by atoms with Gasteiger partial charge in [-0.3, -0.25) is 4.31 Å². The largest absolute Gasteiger partial charge is 0.478 e. The highest BCUT2D eigenvalue weighted by Crippen LogP contribution is 2.39. The van der Waals surface area contributed by atoms with Crippen LogP contribution < -0.4 is 9.21 Å². The summed E-state index contributed by atoms with van der Waals surface area (Å²) in [5.74, 6) is 0.528. The maximum atomic E-state index is 12.3. The summed E-state index contributed by atoms with van der Waals surface area (Å²) in [6.45, 7) is 5.06. The fourth-order valence-corrected chi connectivity index (χ4v) is 4.03. The molecule has 1 saturated carbocycles. The lowest BCUT2D eigenvalue weighted by Gasteiger charge is -2.26. The van der Waals surface area contributed by atoms with Crippen LogP contribution in [0, 0.1) is 11.8 Å². The van der Waals surface area contributed by atoms with Gasteiger partial charge in [-0.05, 0) is 42.9 Å². The van der Waals surface area contributed by atoms with Gasteiger partial charge in [0.1, 0.15) is 11.6 Å². The second-order valence-corrected chi connectivity index (χ2v) is 9.87. The molecule has 0 bridgehead atoms. The summed E-state index contributed by atoms with van der Waals surface area (Å²) in [5, 5.41) is 9.57. The van der Waals surface area contributed by atoms with Gasteiger partial charge in [0.05, 0.1) is 11.3 Å². The van der Waals surface area contributed by atoms with Gasteiger partial charge in [-0.2, -0.15) is 0 Å². The van der Waals surface area contributed by atoms with Gasteiger partial charge in [-0.1, -0.05) is 37.3 Å². The lowest BCUT2D eigenvalue weighted by molar-refractivity contribution is 0.0697. The molecule has 1 aromatic heterocycles. The Bertz CT molecular complexity index is 979. The molecule has 1 N–H and O–H groups in total. The van der Waals surface area contributed by atoms with Gasteiger partial charge in [0.2, 0.25) is 10.0 Å². The van der Waals surface area contributed by atoms with E-state index in [0.717, 1.165) is 22.8 Å². The van der Waals surface area contributed by atoms with E-state index < -0.39 is 16.0 Å². The third-order valence-corrected chi connectivity index (χ3v) is 7.17. The van der Waals surface area contributed by atoms with E-state index in [9.17, 15) is 18.3 Å². The molecule has 1 heterocycles. The molecule has 2 aromatic rings. The Balaban J connectivity index is 2.02. The maximum Gasteiger partial charge on any atom is 0.335 e. The van der Waals surface area contributed by atoms with E-state index in [1.165, 1.54) is 19.2 Å². The van der Waals surface area contributed by atoms with Crippen molar-refractivity contribution in [1.82, 2.24) is 4.98 Å². The molecule has 1 aromatic carbocycles. The molecule has 0 amide bonds. The fourth-order valence-electron chi connectivity index (χ4n) is 3.26. The molecule has 2 unspecified atom stereocenters. The molecule has 0 radical (unpaired) electrons. The first-order chi connectivity index (χ1) is 13.7. The van der Waals surface area contributed by atoms with Gasteiger partial charge in [0, 0.05) is 20.1 Å². The van der Waals surface area contributed by atoms with Crippen molar-refractivity contribution in [2.24, 2.45) is 11.8 Å². The predicted octanol–water partition coefficient (Wildman–Crippen LogP) is 3.23. The first-order valence-corrected chi connectivity index (χ1v) is 11.3. The number of hydrogen-bond donors (Lipinski definition) is 1. The van der Waals surface area contributed by atoms with Crippen molar-refractivity contribution in [1.29, 1.82) is 0 Å². The minimum absolute atomic E-state index is 0.0186. The van der Waals surface area contributed by atoms with E-state index in [1.807, 2.05) is 35.2 Å². The van der Waals surface area contributed by atoms with Crippen LogP contribution in [0.4, 0.5) is 11.6 Å². The molecule has 3 rings (SSSR count). The molecule has 1 fully saturated rings. The van der Waals surface area contributed by atoms with Crippen LogP contribution in [0.15, 0.2) is 42.5 Å². The van der Waals surface area contributed by atoms with Crippen molar-refractivity contribution in [3.05, 3.63) is 53.6 Å². The van der Waals surface area contributed by atoms with Gasteiger partial charge in [0.25, 0.3) is 0 Å². The number of nitrogens with zero attached hydrogens (tertiary/aromatic N) is 3. The molecule has 0 aliphatic heterocycles. The van der Waals surface area contributed by atoms with Crippen LogP contribution in [-0.2, 0) is 16.6 Å². The fraction of sp³-hybridized carbons (Fsp3) is 0.429. The number of pyridine rings is 1. The third kappa shape index (κ3) is 5.06. The molecular weight excluding hydrogens is 390 g/mol. The molecule has 156 valence electrons. The Kier molecular flexibility index (Phi) is 6.12. The number of carboxylic acid groups (broad SMARTS) is 1. The first kappa shape index (κ1) is 21.1. The SMILES string of the molecule is CCS(=O)(=O)N(C)c1cc(C(=O)O)cc(N(Cc2ccccc2)CC2CC2C)n1. The van der Waals surface area contributed by atoms with Crippen LogP contribution in [-0.4, -0.2) is 43.8 Å². The number of anilines is 2. The van der Waals surface area contributed by atoms with Gasteiger partial charge in [-0.15, -0.1) is 0 Å². The van der Waals surface area contributed by atoms with Crippen molar-refractivity contribution in [3.8, 4) is 0 Å². The maximum absolute atomic E-state index is 12.3. The van der Waals surface area contributed by atoms with Gasteiger partial charge in [-0.25, -0.2) is 18.2 Å². The van der Waals surface area contributed by atoms with Crippen molar-refractivity contribution < 1.29 is 18.3 Å². The summed E-state index contributed by atoms with van der Waals surface area (Å²) < 4.78 is 25.7. The highest BCUT2D eigenvalue weighted by atomic mass is 32.2. The Hall–Kier alpha value is -2.61. The number of carboxylic acids is 1. The zero-order valence-electron chi connectivity index (χ0n) is 16.9. The molecule has 0 saturated heterocycles.